The number of aliphatic carboxylic acids is 1. The topological polar surface area (TPSA) is 49.8 Å². The lowest BCUT2D eigenvalue weighted by atomic mass is 9.86. The van der Waals surface area contributed by atoms with Gasteiger partial charge in [-0.05, 0) is 44.4 Å². The fourth-order valence-electron chi connectivity index (χ4n) is 3.32. The molecule has 4 nitrogen and oxygen atoms in total. The number of hydrogen-bond donors (Lipinski definition) is 1. The quantitative estimate of drug-likeness (QED) is 0.805. The Bertz CT molecular complexity index is 281. The van der Waals surface area contributed by atoms with E-state index in [9.17, 15) is 4.79 Å². The highest BCUT2D eigenvalue weighted by Crippen LogP contribution is 2.28. The highest BCUT2D eigenvalue weighted by molar-refractivity contribution is 5.66. The molecule has 0 aromatic heterocycles. The first-order valence-corrected chi connectivity index (χ1v) is 7.72. The van der Waals surface area contributed by atoms with Crippen LogP contribution < -0.4 is 0 Å². The van der Waals surface area contributed by atoms with Gasteiger partial charge < -0.3 is 9.84 Å². The number of rotatable bonds is 6. The van der Waals surface area contributed by atoms with Crippen molar-refractivity contribution in [2.75, 3.05) is 19.7 Å². The van der Waals surface area contributed by atoms with Crippen LogP contribution in [0.25, 0.3) is 0 Å². The van der Waals surface area contributed by atoms with Crippen LogP contribution in [0.3, 0.4) is 0 Å². The molecular formula is C15H27NO3. The lowest BCUT2D eigenvalue weighted by molar-refractivity contribution is -0.137. The molecule has 1 aliphatic heterocycles. The predicted octanol–water partition coefficient (Wildman–Crippen LogP) is 2.52. The molecule has 0 aromatic rings. The summed E-state index contributed by atoms with van der Waals surface area (Å²) in [5.74, 6) is 0.141. The van der Waals surface area contributed by atoms with Gasteiger partial charge in [0.25, 0.3) is 0 Å². The van der Waals surface area contributed by atoms with Crippen molar-refractivity contribution in [1.29, 1.82) is 0 Å². The fraction of sp³-hybridized carbons (Fsp3) is 0.933. The van der Waals surface area contributed by atoms with E-state index >= 15 is 0 Å². The van der Waals surface area contributed by atoms with E-state index in [2.05, 4.69) is 11.8 Å². The highest BCUT2D eigenvalue weighted by atomic mass is 16.5. The largest absolute Gasteiger partial charge is 0.481 e. The zero-order valence-corrected chi connectivity index (χ0v) is 12.0. The van der Waals surface area contributed by atoms with Crippen LogP contribution in [0.4, 0.5) is 0 Å². The van der Waals surface area contributed by atoms with Gasteiger partial charge in [0.1, 0.15) is 0 Å². The van der Waals surface area contributed by atoms with E-state index in [1.54, 1.807) is 0 Å². The first-order chi connectivity index (χ1) is 9.15. The molecule has 2 fully saturated rings. The molecule has 1 heterocycles. The van der Waals surface area contributed by atoms with Gasteiger partial charge >= 0.3 is 5.97 Å². The lowest BCUT2D eigenvalue weighted by Gasteiger charge is -2.37. The monoisotopic (exact) mass is 269 g/mol. The van der Waals surface area contributed by atoms with Crippen LogP contribution in [0, 0.1) is 5.92 Å². The Morgan fingerprint density at radius 3 is 2.58 bits per heavy atom. The standard InChI is InChI=1S/C15H27NO3/c1-12-4-6-13(7-5-12)16(9-8-15(17)18)11-14-3-2-10-19-14/h12-14H,2-11H2,1H3,(H,17,18)/t12?,13?,14-/m1/s1. The number of carboxylic acid groups (broad SMARTS) is 1. The van der Waals surface area contributed by atoms with Crippen molar-refractivity contribution in [2.24, 2.45) is 5.92 Å². The van der Waals surface area contributed by atoms with Crippen LogP contribution >= 0.6 is 0 Å². The molecule has 4 heteroatoms. The van der Waals surface area contributed by atoms with Crippen molar-refractivity contribution in [3.8, 4) is 0 Å². The summed E-state index contributed by atoms with van der Waals surface area (Å²) >= 11 is 0. The van der Waals surface area contributed by atoms with E-state index in [-0.39, 0.29) is 6.42 Å². The molecule has 1 saturated heterocycles. The summed E-state index contributed by atoms with van der Waals surface area (Å²) in [4.78, 5) is 13.2. The minimum Gasteiger partial charge on any atom is -0.481 e. The van der Waals surface area contributed by atoms with E-state index in [1.165, 1.54) is 25.7 Å². The summed E-state index contributed by atoms with van der Waals surface area (Å²) < 4.78 is 5.71. The van der Waals surface area contributed by atoms with Gasteiger partial charge in [-0.25, -0.2) is 0 Å². The van der Waals surface area contributed by atoms with Gasteiger partial charge in [-0.15, -0.1) is 0 Å². The molecule has 2 aliphatic rings. The van der Waals surface area contributed by atoms with E-state index in [0.717, 1.165) is 31.9 Å². The van der Waals surface area contributed by atoms with Crippen molar-refractivity contribution in [1.82, 2.24) is 4.90 Å². The second kappa shape index (κ2) is 7.25. The maximum atomic E-state index is 10.8. The molecule has 0 bridgehead atoms. The number of carbonyl (C=O) groups is 1. The second-order valence-corrected chi connectivity index (χ2v) is 6.19. The first kappa shape index (κ1) is 14.8. The molecule has 1 N–H and O–H groups in total. The van der Waals surface area contributed by atoms with E-state index in [1.807, 2.05) is 0 Å². The summed E-state index contributed by atoms with van der Waals surface area (Å²) in [6.45, 7) is 4.79. The summed E-state index contributed by atoms with van der Waals surface area (Å²) in [5.41, 5.74) is 0. The van der Waals surface area contributed by atoms with Crippen LogP contribution in [0.1, 0.15) is 51.9 Å². The number of ether oxygens (including phenoxy) is 1. The molecule has 0 radical (unpaired) electrons. The Kier molecular flexibility index (Phi) is 5.64. The Hall–Kier alpha value is -0.610. The van der Waals surface area contributed by atoms with Gasteiger partial charge in [0.2, 0.25) is 0 Å². The van der Waals surface area contributed by atoms with Crippen molar-refractivity contribution in [2.45, 2.75) is 64.0 Å². The Morgan fingerprint density at radius 2 is 2.00 bits per heavy atom. The van der Waals surface area contributed by atoms with Crippen molar-refractivity contribution in [3.05, 3.63) is 0 Å². The first-order valence-electron chi connectivity index (χ1n) is 7.72. The molecule has 0 aromatic carbocycles. The molecule has 0 amide bonds. The maximum absolute atomic E-state index is 10.8. The zero-order valence-electron chi connectivity index (χ0n) is 12.0. The Labute approximate surface area is 116 Å². The maximum Gasteiger partial charge on any atom is 0.304 e. The average molecular weight is 269 g/mol. The van der Waals surface area contributed by atoms with Crippen molar-refractivity contribution < 1.29 is 14.6 Å². The smallest absolute Gasteiger partial charge is 0.304 e. The predicted molar refractivity (Wildman–Crippen MR) is 74.2 cm³/mol. The molecular weight excluding hydrogens is 242 g/mol. The van der Waals surface area contributed by atoms with Crippen molar-refractivity contribution >= 4 is 5.97 Å². The van der Waals surface area contributed by atoms with Gasteiger partial charge in [-0.3, -0.25) is 9.69 Å². The lowest BCUT2D eigenvalue weighted by Crippen LogP contribution is -2.43. The number of carboxylic acids is 1. The molecule has 0 unspecified atom stereocenters. The van der Waals surface area contributed by atoms with E-state index in [4.69, 9.17) is 9.84 Å². The van der Waals surface area contributed by atoms with Crippen LogP contribution in [0.2, 0.25) is 0 Å². The SMILES string of the molecule is CC1CCC(N(CCC(=O)O)C[C@H]2CCCO2)CC1. The average Bonchev–Trinajstić information content (AvgIpc) is 2.88. The molecule has 1 aliphatic carbocycles. The zero-order chi connectivity index (χ0) is 13.7. The van der Waals surface area contributed by atoms with E-state index < -0.39 is 5.97 Å². The molecule has 2 rings (SSSR count). The summed E-state index contributed by atoms with van der Waals surface area (Å²) in [6.07, 6.45) is 7.85. The fourth-order valence-corrected chi connectivity index (χ4v) is 3.32. The summed E-state index contributed by atoms with van der Waals surface area (Å²) in [5, 5.41) is 8.91. The minimum absolute atomic E-state index is 0.249. The van der Waals surface area contributed by atoms with Gasteiger partial charge in [0.15, 0.2) is 0 Å². The van der Waals surface area contributed by atoms with Crippen molar-refractivity contribution in [3.63, 3.8) is 0 Å². The van der Waals surface area contributed by atoms with Gasteiger partial charge in [-0.1, -0.05) is 6.92 Å². The molecule has 0 spiro atoms. The molecule has 110 valence electrons. The highest BCUT2D eigenvalue weighted by Gasteiger charge is 2.27. The van der Waals surface area contributed by atoms with Gasteiger partial charge in [0.05, 0.1) is 12.5 Å². The molecule has 19 heavy (non-hydrogen) atoms. The molecule has 1 atom stereocenters. The third kappa shape index (κ3) is 4.77. The minimum atomic E-state index is -0.693. The normalized spacial score (nSPS) is 31.8. The second-order valence-electron chi connectivity index (χ2n) is 6.19. The Balaban J connectivity index is 1.86. The van der Waals surface area contributed by atoms with Crippen LogP contribution in [-0.4, -0.2) is 47.8 Å². The number of hydrogen-bond acceptors (Lipinski definition) is 3. The molecule has 1 saturated carbocycles. The van der Waals surface area contributed by atoms with E-state index in [0.29, 0.717) is 18.7 Å². The van der Waals surface area contributed by atoms with Crippen LogP contribution in [-0.2, 0) is 9.53 Å². The van der Waals surface area contributed by atoms with Crippen LogP contribution in [0.15, 0.2) is 0 Å². The summed E-state index contributed by atoms with van der Waals surface area (Å²) in [7, 11) is 0. The van der Waals surface area contributed by atoms with Crippen LogP contribution in [0.5, 0.6) is 0 Å². The third-order valence-electron chi connectivity index (χ3n) is 4.58. The third-order valence-corrected chi connectivity index (χ3v) is 4.58. The Morgan fingerprint density at radius 1 is 1.26 bits per heavy atom. The van der Waals surface area contributed by atoms with Gasteiger partial charge in [-0.2, -0.15) is 0 Å². The number of nitrogens with zero attached hydrogens (tertiary/aromatic N) is 1. The van der Waals surface area contributed by atoms with Gasteiger partial charge in [0, 0.05) is 25.7 Å². The summed E-state index contributed by atoms with van der Waals surface area (Å²) in [6, 6.07) is 0.569.